The second kappa shape index (κ2) is 7.05. The Morgan fingerprint density at radius 1 is 1.08 bits per heavy atom. The van der Waals surface area contributed by atoms with Crippen molar-refractivity contribution in [3.05, 3.63) is 65.2 Å². The number of hydrogen-bond donors (Lipinski definition) is 0. The van der Waals surface area contributed by atoms with Crippen LogP contribution in [0.3, 0.4) is 0 Å². The summed E-state index contributed by atoms with van der Waals surface area (Å²) in [7, 11) is 1.62. The van der Waals surface area contributed by atoms with E-state index in [2.05, 4.69) is 31.2 Å². The first kappa shape index (κ1) is 16.5. The maximum Gasteiger partial charge on any atom is 0.254 e. The number of rotatable bonds is 3. The van der Waals surface area contributed by atoms with Gasteiger partial charge in [-0.25, -0.2) is 0 Å². The molecule has 126 valence electrons. The minimum Gasteiger partial charge on any atom is -0.497 e. The Kier molecular flexibility index (Phi) is 4.86. The molecule has 2 aromatic rings. The van der Waals surface area contributed by atoms with E-state index in [1.807, 2.05) is 36.1 Å². The zero-order valence-electron chi connectivity index (χ0n) is 14.4. The van der Waals surface area contributed by atoms with Crippen LogP contribution in [0.15, 0.2) is 48.5 Å². The molecule has 1 amide bonds. The second-order valence-electron chi connectivity index (χ2n) is 6.28. The number of morpholine rings is 1. The number of nitrogens with zero attached hydrogens (tertiary/aromatic N) is 1. The molecule has 0 radical (unpaired) electrons. The van der Waals surface area contributed by atoms with Gasteiger partial charge in [0.15, 0.2) is 0 Å². The summed E-state index contributed by atoms with van der Waals surface area (Å²) in [6.07, 6.45) is -0.0798. The number of benzene rings is 2. The lowest BCUT2D eigenvalue weighted by Crippen LogP contribution is -2.45. The average molecular weight is 325 g/mol. The van der Waals surface area contributed by atoms with E-state index in [9.17, 15) is 4.79 Å². The molecule has 1 aliphatic heterocycles. The third-order valence-corrected chi connectivity index (χ3v) is 4.33. The Morgan fingerprint density at radius 2 is 1.75 bits per heavy atom. The molecule has 24 heavy (non-hydrogen) atoms. The molecule has 2 unspecified atom stereocenters. The summed E-state index contributed by atoms with van der Waals surface area (Å²) in [5, 5.41) is 0. The predicted molar refractivity (Wildman–Crippen MR) is 93.4 cm³/mol. The molecule has 0 aromatic heterocycles. The normalized spacial score (nSPS) is 20.7. The van der Waals surface area contributed by atoms with Crippen LogP contribution in [-0.4, -0.2) is 37.1 Å². The molecule has 1 heterocycles. The Hall–Kier alpha value is -2.33. The van der Waals surface area contributed by atoms with Gasteiger partial charge in [-0.05, 0) is 43.7 Å². The molecule has 0 spiro atoms. The van der Waals surface area contributed by atoms with Crippen LogP contribution < -0.4 is 4.74 Å². The van der Waals surface area contributed by atoms with Crippen molar-refractivity contribution in [2.45, 2.75) is 26.1 Å². The Bertz CT molecular complexity index is 694. The van der Waals surface area contributed by atoms with Gasteiger partial charge in [-0.1, -0.05) is 29.8 Å². The summed E-state index contributed by atoms with van der Waals surface area (Å²) in [4.78, 5) is 14.7. The third-order valence-electron chi connectivity index (χ3n) is 4.33. The smallest absolute Gasteiger partial charge is 0.254 e. The van der Waals surface area contributed by atoms with Crippen LogP contribution in [0.1, 0.15) is 34.5 Å². The largest absolute Gasteiger partial charge is 0.497 e. The van der Waals surface area contributed by atoms with Crippen molar-refractivity contribution in [1.29, 1.82) is 0 Å². The first-order valence-corrected chi connectivity index (χ1v) is 8.22. The maximum absolute atomic E-state index is 12.8. The van der Waals surface area contributed by atoms with Crippen LogP contribution in [0.5, 0.6) is 5.75 Å². The Labute approximate surface area is 143 Å². The summed E-state index contributed by atoms with van der Waals surface area (Å²) >= 11 is 0. The predicted octanol–water partition coefficient (Wildman–Crippen LogP) is 3.61. The lowest BCUT2D eigenvalue weighted by Gasteiger charge is -2.37. The van der Waals surface area contributed by atoms with Crippen LogP contribution in [0, 0.1) is 6.92 Å². The topological polar surface area (TPSA) is 38.8 Å². The average Bonchev–Trinajstić information content (AvgIpc) is 2.61. The quantitative estimate of drug-likeness (QED) is 0.865. The first-order valence-electron chi connectivity index (χ1n) is 8.22. The van der Waals surface area contributed by atoms with Crippen LogP contribution in [0.2, 0.25) is 0 Å². The number of hydrogen-bond acceptors (Lipinski definition) is 3. The number of ether oxygens (including phenoxy) is 2. The highest BCUT2D eigenvalue weighted by Gasteiger charge is 2.29. The molecule has 4 nitrogen and oxygen atoms in total. The van der Waals surface area contributed by atoms with Gasteiger partial charge in [0.05, 0.1) is 19.8 Å². The first-order chi connectivity index (χ1) is 11.6. The Morgan fingerprint density at radius 3 is 2.38 bits per heavy atom. The summed E-state index contributed by atoms with van der Waals surface area (Å²) in [5.74, 6) is 0.782. The lowest BCUT2D eigenvalue weighted by atomic mass is 10.0. The third kappa shape index (κ3) is 3.60. The van der Waals surface area contributed by atoms with Crippen molar-refractivity contribution < 1.29 is 14.3 Å². The van der Waals surface area contributed by atoms with Crippen LogP contribution in [0.25, 0.3) is 0 Å². The molecule has 0 N–H and O–H groups in total. The molecule has 2 aromatic carbocycles. The summed E-state index contributed by atoms with van der Waals surface area (Å²) < 4.78 is 11.2. The van der Waals surface area contributed by atoms with Gasteiger partial charge in [-0.2, -0.15) is 0 Å². The van der Waals surface area contributed by atoms with Crippen LogP contribution in [0.4, 0.5) is 0 Å². The molecule has 0 saturated carbocycles. The van der Waals surface area contributed by atoms with Gasteiger partial charge in [0.25, 0.3) is 5.91 Å². The lowest BCUT2D eigenvalue weighted by molar-refractivity contribution is -0.0691. The molecule has 0 aliphatic carbocycles. The van der Waals surface area contributed by atoms with Gasteiger partial charge in [0.1, 0.15) is 11.9 Å². The van der Waals surface area contributed by atoms with E-state index in [0.717, 1.165) is 11.3 Å². The minimum absolute atomic E-state index is 0.00671. The number of carbonyl (C=O) groups excluding carboxylic acids is 1. The van der Waals surface area contributed by atoms with Crippen molar-refractivity contribution in [1.82, 2.24) is 4.90 Å². The molecule has 1 aliphatic rings. The molecule has 2 atom stereocenters. The number of carbonyl (C=O) groups is 1. The van der Waals surface area contributed by atoms with Crippen molar-refractivity contribution in [3.63, 3.8) is 0 Å². The van der Waals surface area contributed by atoms with Gasteiger partial charge in [0, 0.05) is 12.1 Å². The van der Waals surface area contributed by atoms with Crippen molar-refractivity contribution in [2.75, 3.05) is 20.2 Å². The van der Waals surface area contributed by atoms with E-state index in [0.29, 0.717) is 18.7 Å². The van der Waals surface area contributed by atoms with Gasteiger partial charge < -0.3 is 14.4 Å². The van der Waals surface area contributed by atoms with Gasteiger partial charge in [0.2, 0.25) is 0 Å². The second-order valence-corrected chi connectivity index (χ2v) is 6.28. The van der Waals surface area contributed by atoms with E-state index in [4.69, 9.17) is 9.47 Å². The highest BCUT2D eigenvalue weighted by atomic mass is 16.5. The fourth-order valence-corrected chi connectivity index (χ4v) is 3.00. The molecular weight excluding hydrogens is 302 g/mol. The van der Waals surface area contributed by atoms with E-state index in [-0.39, 0.29) is 18.1 Å². The minimum atomic E-state index is -0.0865. The molecule has 4 heteroatoms. The number of amides is 1. The summed E-state index contributed by atoms with van der Waals surface area (Å²) in [5.41, 5.74) is 3.00. The Balaban J connectivity index is 1.76. The standard InChI is InChI=1S/C20H23NO3/c1-14-4-6-16(7-5-14)19-13-21(12-15(2)24-19)20(22)17-8-10-18(23-3)11-9-17/h4-11,15,19H,12-13H2,1-3H3. The summed E-state index contributed by atoms with van der Waals surface area (Å²) in [6.45, 7) is 5.24. The molecule has 0 bridgehead atoms. The number of methoxy groups -OCH3 is 1. The van der Waals surface area contributed by atoms with Crippen molar-refractivity contribution >= 4 is 5.91 Å². The van der Waals surface area contributed by atoms with Crippen molar-refractivity contribution in [3.8, 4) is 5.75 Å². The van der Waals surface area contributed by atoms with E-state index in [1.165, 1.54) is 5.56 Å². The molecule has 1 saturated heterocycles. The number of aryl methyl sites for hydroxylation is 1. The highest BCUT2D eigenvalue weighted by molar-refractivity contribution is 5.94. The molecule has 3 rings (SSSR count). The van der Waals surface area contributed by atoms with Crippen LogP contribution in [-0.2, 0) is 4.74 Å². The maximum atomic E-state index is 12.8. The zero-order chi connectivity index (χ0) is 17.1. The SMILES string of the molecule is COc1ccc(C(=O)N2CC(C)OC(c3ccc(C)cc3)C2)cc1. The fraction of sp³-hybridized carbons (Fsp3) is 0.350. The van der Waals surface area contributed by atoms with E-state index >= 15 is 0 Å². The van der Waals surface area contributed by atoms with Gasteiger partial charge >= 0.3 is 0 Å². The molecular formula is C20H23NO3. The fourth-order valence-electron chi connectivity index (χ4n) is 3.00. The van der Waals surface area contributed by atoms with E-state index < -0.39 is 0 Å². The van der Waals surface area contributed by atoms with Crippen molar-refractivity contribution in [2.24, 2.45) is 0 Å². The zero-order valence-corrected chi connectivity index (χ0v) is 14.4. The van der Waals surface area contributed by atoms with E-state index in [1.54, 1.807) is 7.11 Å². The summed E-state index contributed by atoms with van der Waals surface area (Å²) in [6, 6.07) is 15.6. The monoisotopic (exact) mass is 325 g/mol. The highest BCUT2D eigenvalue weighted by Crippen LogP contribution is 2.26. The van der Waals surface area contributed by atoms with Gasteiger partial charge in [-0.3, -0.25) is 4.79 Å². The van der Waals surface area contributed by atoms with Gasteiger partial charge in [-0.15, -0.1) is 0 Å². The molecule has 1 fully saturated rings. The van der Waals surface area contributed by atoms with Crippen LogP contribution >= 0.6 is 0 Å².